The summed E-state index contributed by atoms with van der Waals surface area (Å²) < 4.78 is 3.06. The summed E-state index contributed by atoms with van der Waals surface area (Å²) >= 11 is 5.08. The second kappa shape index (κ2) is 9.72. The van der Waals surface area contributed by atoms with Gasteiger partial charge in [0.1, 0.15) is 0 Å². The third-order valence-corrected chi connectivity index (χ3v) is 6.28. The molecule has 0 atom stereocenters. The molecule has 1 aliphatic rings. The summed E-state index contributed by atoms with van der Waals surface area (Å²) in [6, 6.07) is 8.10. The number of fused-ring (bicyclic) bond motifs is 1. The van der Waals surface area contributed by atoms with E-state index < -0.39 is 0 Å². The maximum Gasteiger partial charge on any atom is 0.225 e. The van der Waals surface area contributed by atoms with Crippen LogP contribution in [0, 0.1) is 0 Å². The highest BCUT2D eigenvalue weighted by molar-refractivity contribution is 9.10. The van der Waals surface area contributed by atoms with Gasteiger partial charge < -0.3 is 5.32 Å². The van der Waals surface area contributed by atoms with Crippen LogP contribution >= 0.6 is 39.7 Å². The maximum atomic E-state index is 12.4. The Hall–Kier alpha value is -1.63. The first-order chi connectivity index (χ1) is 13.2. The molecule has 1 N–H and O–H groups in total. The van der Waals surface area contributed by atoms with Crippen LogP contribution in [0.3, 0.4) is 0 Å². The number of amides is 1. The lowest BCUT2D eigenvalue weighted by Crippen LogP contribution is -2.26. The number of aromatic nitrogens is 2. The molecule has 4 nitrogen and oxygen atoms in total. The van der Waals surface area contributed by atoms with Crippen LogP contribution in [-0.2, 0) is 11.2 Å². The van der Waals surface area contributed by atoms with Crippen LogP contribution in [0.5, 0.6) is 0 Å². The van der Waals surface area contributed by atoms with E-state index in [1.165, 1.54) is 31.3 Å². The third kappa shape index (κ3) is 5.04. The van der Waals surface area contributed by atoms with E-state index in [9.17, 15) is 4.79 Å². The summed E-state index contributed by atoms with van der Waals surface area (Å²) in [5, 5.41) is 5.09. The van der Waals surface area contributed by atoms with Crippen LogP contribution in [0.1, 0.15) is 37.8 Å². The number of imidazole rings is 1. The number of hydrogen-bond acceptors (Lipinski definition) is 3. The largest absolute Gasteiger partial charge is 0.355 e. The zero-order valence-corrected chi connectivity index (χ0v) is 18.7. The molecule has 2 heterocycles. The first kappa shape index (κ1) is 21.1. The van der Waals surface area contributed by atoms with E-state index in [-0.39, 0.29) is 18.3 Å². The molecule has 0 saturated heterocycles. The minimum atomic E-state index is 0. The van der Waals surface area contributed by atoms with Gasteiger partial charge in [-0.1, -0.05) is 39.7 Å². The molecule has 0 aliphatic heterocycles. The minimum absolute atomic E-state index is 0. The number of allylic oxidation sites excluding steroid dienone is 1. The van der Waals surface area contributed by atoms with E-state index in [0.29, 0.717) is 6.42 Å². The Morgan fingerprint density at radius 3 is 3.00 bits per heavy atom. The van der Waals surface area contributed by atoms with Gasteiger partial charge >= 0.3 is 0 Å². The molecule has 2 aromatic heterocycles. The lowest BCUT2D eigenvalue weighted by molar-refractivity contribution is -0.120. The highest BCUT2D eigenvalue weighted by Crippen LogP contribution is 2.26. The zero-order chi connectivity index (χ0) is 18.6. The topological polar surface area (TPSA) is 46.4 Å². The first-order valence-electron chi connectivity index (χ1n) is 9.35. The van der Waals surface area contributed by atoms with Gasteiger partial charge in [0.15, 0.2) is 4.96 Å². The van der Waals surface area contributed by atoms with Crippen LogP contribution in [0.15, 0.2) is 52.0 Å². The van der Waals surface area contributed by atoms with Gasteiger partial charge in [-0.2, -0.15) is 0 Å². The number of carbonyl (C=O) groups excluding carboxylic acids is 1. The van der Waals surface area contributed by atoms with Gasteiger partial charge in [-0.05, 0) is 44.2 Å². The number of carbonyl (C=O) groups is 1. The Balaban J connectivity index is 0.00000225. The summed E-state index contributed by atoms with van der Waals surface area (Å²) in [4.78, 5) is 18.0. The normalized spacial score (nSPS) is 13.8. The van der Waals surface area contributed by atoms with Crippen molar-refractivity contribution in [3.05, 3.63) is 57.7 Å². The molecule has 1 aliphatic carbocycles. The van der Waals surface area contributed by atoms with E-state index in [1.54, 1.807) is 11.3 Å². The van der Waals surface area contributed by atoms with E-state index in [4.69, 9.17) is 4.98 Å². The highest BCUT2D eigenvalue weighted by atomic mass is 79.9. The van der Waals surface area contributed by atoms with Crippen LogP contribution in [0.2, 0.25) is 0 Å². The van der Waals surface area contributed by atoms with Crippen molar-refractivity contribution in [1.29, 1.82) is 0 Å². The van der Waals surface area contributed by atoms with Crippen molar-refractivity contribution in [3.63, 3.8) is 0 Å². The van der Waals surface area contributed by atoms with Gasteiger partial charge in [0.25, 0.3) is 0 Å². The minimum Gasteiger partial charge on any atom is -0.355 e. The second-order valence-electron chi connectivity index (χ2n) is 6.90. The van der Waals surface area contributed by atoms with E-state index >= 15 is 0 Å². The van der Waals surface area contributed by atoms with E-state index in [2.05, 4.69) is 33.4 Å². The monoisotopic (exact) mass is 479 g/mol. The average Bonchev–Trinajstić information content (AvgIpc) is 3.25. The SMILES string of the molecule is Cl.O=C(Cc1csc2nc(-c3cccc(Br)c3)cn12)NCCC1=CCCCC1. The quantitative estimate of drug-likeness (QED) is 0.453. The lowest BCUT2D eigenvalue weighted by Gasteiger charge is -2.12. The molecule has 0 bridgehead atoms. The van der Waals surface area contributed by atoms with Gasteiger partial charge in [0.2, 0.25) is 5.91 Å². The third-order valence-electron chi connectivity index (χ3n) is 4.90. The molecule has 0 saturated carbocycles. The molecule has 4 rings (SSSR count). The van der Waals surface area contributed by atoms with Crippen molar-refractivity contribution in [2.45, 2.75) is 38.5 Å². The fourth-order valence-electron chi connectivity index (χ4n) is 3.46. The molecule has 7 heteroatoms. The molecule has 3 aromatic rings. The smallest absolute Gasteiger partial charge is 0.225 e. The van der Waals surface area contributed by atoms with Crippen molar-refractivity contribution < 1.29 is 4.79 Å². The molecule has 0 radical (unpaired) electrons. The standard InChI is InChI=1S/C21H22BrN3OS.ClH/c22-17-8-4-7-16(11-17)19-13-25-18(14-27-21(25)24-19)12-20(26)23-10-9-15-5-2-1-3-6-15;/h4-5,7-8,11,13-14H,1-3,6,9-10,12H2,(H,23,26);1H. The average molecular weight is 481 g/mol. The van der Waals surface area contributed by atoms with Gasteiger partial charge in [-0.15, -0.1) is 23.7 Å². The van der Waals surface area contributed by atoms with E-state index in [1.807, 2.05) is 34.2 Å². The van der Waals surface area contributed by atoms with Crippen molar-refractivity contribution in [2.75, 3.05) is 6.54 Å². The molecule has 148 valence electrons. The van der Waals surface area contributed by atoms with Crippen molar-refractivity contribution in [3.8, 4) is 11.3 Å². The fourth-order valence-corrected chi connectivity index (χ4v) is 4.74. The number of thiazole rings is 1. The predicted molar refractivity (Wildman–Crippen MR) is 121 cm³/mol. The van der Waals surface area contributed by atoms with Crippen molar-refractivity contribution in [2.24, 2.45) is 0 Å². The summed E-state index contributed by atoms with van der Waals surface area (Å²) in [5.41, 5.74) is 4.47. The number of hydrogen-bond donors (Lipinski definition) is 1. The van der Waals surface area contributed by atoms with Crippen LogP contribution in [-0.4, -0.2) is 21.8 Å². The molecule has 1 amide bonds. The number of rotatable bonds is 6. The lowest BCUT2D eigenvalue weighted by atomic mass is 9.97. The van der Waals surface area contributed by atoms with Gasteiger partial charge in [0.05, 0.1) is 12.1 Å². The molecular formula is C21H23BrClN3OS. The van der Waals surface area contributed by atoms with Crippen molar-refractivity contribution in [1.82, 2.24) is 14.7 Å². The summed E-state index contributed by atoms with van der Waals surface area (Å²) in [5.74, 6) is 0.0730. The Kier molecular flexibility index (Phi) is 7.32. The number of nitrogens with one attached hydrogen (secondary N) is 1. The summed E-state index contributed by atoms with van der Waals surface area (Å²) in [6.07, 6.45) is 10.7. The number of benzene rings is 1. The second-order valence-corrected chi connectivity index (χ2v) is 8.65. The van der Waals surface area contributed by atoms with Crippen molar-refractivity contribution >= 4 is 50.5 Å². The molecule has 0 spiro atoms. The van der Waals surface area contributed by atoms with Gasteiger partial charge in [-0.3, -0.25) is 9.20 Å². The predicted octanol–water partition coefficient (Wildman–Crippen LogP) is 5.80. The molecule has 28 heavy (non-hydrogen) atoms. The summed E-state index contributed by atoms with van der Waals surface area (Å²) in [7, 11) is 0. The Bertz CT molecular complexity index is 995. The molecule has 1 aromatic carbocycles. The Labute approximate surface area is 183 Å². The van der Waals surface area contributed by atoms with E-state index in [0.717, 1.165) is 39.4 Å². The molecule has 0 fully saturated rings. The molecular weight excluding hydrogens is 458 g/mol. The van der Waals surface area contributed by atoms with Crippen LogP contribution in [0.4, 0.5) is 0 Å². The zero-order valence-electron chi connectivity index (χ0n) is 15.5. The Morgan fingerprint density at radius 2 is 2.21 bits per heavy atom. The van der Waals surface area contributed by atoms with Gasteiger partial charge in [-0.25, -0.2) is 4.98 Å². The number of nitrogens with zero attached hydrogens (tertiary/aromatic N) is 2. The number of halogens is 2. The van der Waals surface area contributed by atoms with Crippen LogP contribution in [0.25, 0.3) is 16.2 Å². The van der Waals surface area contributed by atoms with Crippen LogP contribution < -0.4 is 5.32 Å². The summed E-state index contributed by atoms with van der Waals surface area (Å²) in [6.45, 7) is 0.727. The fraction of sp³-hybridized carbons (Fsp3) is 0.333. The Morgan fingerprint density at radius 1 is 1.32 bits per heavy atom. The maximum absolute atomic E-state index is 12.4. The molecule has 0 unspecified atom stereocenters. The first-order valence-corrected chi connectivity index (χ1v) is 11.0. The highest BCUT2D eigenvalue weighted by Gasteiger charge is 2.13. The van der Waals surface area contributed by atoms with Gasteiger partial charge in [0, 0.05) is 33.9 Å².